The third-order valence-corrected chi connectivity index (χ3v) is 8.54. The summed E-state index contributed by atoms with van der Waals surface area (Å²) in [4.78, 5) is 43.1. The zero-order valence-electron chi connectivity index (χ0n) is 28.8. The molecule has 0 unspecified atom stereocenters. The van der Waals surface area contributed by atoms with Gasteiger partial charge in [0.15, 0.2) is 0 Å². The van der Waals surface area contributed by atoms with E-state index in [1.165, 1.54) is 4.90 Å². The molecule has 10 nitrogen and oxygen atoms in total. The van der Waals surface area contributed by atoms with Gasteiger partial charge in [0, 0.05) is 19.0 Å². The summed E-state index contributed by atoms with van der Waals surface area (Å²) in [6.45, 7) is 5.83. The third kappa shape index (κ3) is 11.2. The van der Waals surface area contributed by atoms with E-state index >= 15 is 0 Å². The molecule has 12 heteroatoms. The molecule has 4 rings (SSSR count). The van der Waals surface area contributed by atoms with Gasteiger partial charge in [-0.2, -0.15) is 0 Å². The summed E-state index contributed by atoms with van der Waals surface area (Å²) in [5.41, 5.74) is 8.55. The Kier molecular flexibility index (Phi) is 14.1. The molecule has 0 bridgehead atoms. The average Bonchev–Trinajstić information content (AvgIpc) is 3.59. The van der Waals surface area contributed by atoms with Gasteiger partial charge < -0.3 is 30.0 Å². The van der Waals surface area contributed by atoms with Crippen molar-refractivity contribution in [2.45, 2.75) is 83.9 Å². The van der Waals surface area contributed by atoms with E-state index < -0.39 is 54.0 Å². The number of amides is 3. The van der Waals surface area contributed by atoms with Crippen molar-refractivity contribution in [3.05, 3.63) is 107 Å². The van der Waals surface area contributed by atoms with E-state index in [1.54, 1.807) is 0 Å². The van der Waals surface area contributed by atoms with Crippen LogP contribution in [0.15, 0.2) is 72.8 Å². The number of hydrogen-bond donors (Lipinski definition) is 2. The van der Waals surface area contributed by atoms with Crippen molar-refractivity contribution in [1.29, 1.82) is 0 Å². The van der Waals surface area contributed by atoms with Crippen LogP contribution in [0.25, 0.3) is 0 Å². The minimum absolute atomic E-state index is 0.0344. The van der Waals surface area contributed by atoms with E-state index in [4.69, 9.17) is 19.9 Å². The predicted molar refractivity (Wildman–Crippen MR) is 183 cm³/mol. The SMILES string of the molecule is CCc1cccc(CN(C[C@@H](O)[C@H](Cc2cc(F)cc(F)c2)N(C(=O)O[C@H]2CCOC2)[C@H](CC(C)C)C(N)=O)C(=O)OCc2ccccc2)c1. The molecule has 50 heavy (non-hydrogen) atoms. The van der Waals surface area contributed by atoms with Crippen LogP contribution in [-0.4, -0.2) is 77.1 Å². The van der Waals surface area contributed by atoms with Crippen molar-refractivity contribution < 1.29 is 42.5 Å². The summed E-state index contributed by atoms with van der Waals surface area (Å²) in [5.74, 6) is -2.70. The smallest absolute Gasteiger partial charge is 0.411 e. The number of carbonyl (C=O) groups excluding carboxylic acids is 3. The van der Waals surface area contributed by atoms with Crippen LogP contribution in [0.1, 0.15) is 55.9 Å². The molecule has 1 saturated heterocycles. The molecular weight excluding hydrogens is 648 g/mol. The number of primary amides is 1. The molecule has 0 spiro atoms. The van der Waals surface area contributed by atoms with Gasteiger partial charge >= 0.3 is 12.2 Å². The maximum absolute atomic E-state index is 14.4. The van der Waals surface area contributed by atoms with Crippen molar-refractivity contribution in [3.8, 4) is 0 Å². The van der Waals surface area contributed by atoms with E-state index in [0.29, 0.717) is 19.1 Å². The van der Waals surface area contributed by atoms with Gasteiger partial charge in [-0.1, -0.05) is 75.4 Å². The molecule has 1 heterocycles. The van der Waals surface area contributed by atoms with Crippen LogP contribution in [-0.2, 0) is 45.0 Å². The monoisotopic (exact) mass is 695 g/mol. The van der Waals surface area contributed by atoms with Crippen molar-refractivity contribution >= 4 is 18.1 Å². The molecular formula is C38H47F2N3O7. The van der Waals surface area contributed by atoms with Crippen molar-refractivity contribution in [2.24, 2.45) is 11.7 Å². The quantitative estimate of drug-likeness (QED) is 0.195. The normalized spacial score (nSPS) is 16.0. The molecule has 0 saturated carbocycles. The van der Waals surface area contributed by atoms with Gasteiger partial charge in [0.2, 0.25) is 5.91 Å². The van der Waals surface area contributed by atoms with E-state index in [9.17, 15) is 28.3 Å². The summed E-state index contributed by atoms with van der Waals surface area (Å²) in [5, 5.41) is 12.1. The first kappa shape index (κ1) is 38.3. The Bertz CT molecular complexity index is 1550. The first-order valence-electron chi connectivity index (χ1n) is 17.0. The van der Waals surface area contributed by atoms with Crippen LogP contribution >= 0.6 is 0 Å². The average molecular weight is 696 g/mol. The van der Waals surface area contributed by atoms with E-state index in [1.807, 2.05) is 75.4 Å². The second kappa shape index (κ2) is 18.4. The van der Waals surface area contributed by atoms with E-state index in [0.717, 1.165) is 40.1 Å². The summed E-state index contributed by atoms with van der Waals surface area (Å²) in [6.07, 6.45) is -2.88. The Labute approximate surface area is 292 Å². The zero-order chi connectivity index (χ0) is 36.2. The van der Waals surface area contributed by atoms with Gasteiger partial charge in [0.05, 0.1) is 31.9 Å². The molecule has 3 N–H and O–H groups in total. The van der Waals surface area contributed by atoms with Crippen LogP contribution < -0.4 is 5.73 Å². The van der Waals surface area contributed by atoms with Crippen LogP contribution in [0.2, 0.25) is 0 Å². The number of halogens is 2. The Hall–Kier alpha value is -4.55. The molecule has 1 aliphatic rings. The summed E-state index contributed by atoms with van der Waals surface area (Å²) in [7, 11) is 0. The molecule has 1 fully saturated rings. The summed E-state index contributed by atoms with van der Waals surface area (Å²) < 4.78 is 45.7. The molecule has 270 valence electrons. The molecule has 1 aliphatic heterocycles. The number of rotatable bonds is 16. The second-order valence-corrected chi connectivity index (χ2v) is 13.0. The molecule has 3 aromatic rings. The lowest BCUT2D eigenvalue weighted by Crippen LogP contribution is -2.60. The Morgan fingerprint density at radius 3 is 2.24 bits per heavy atom. The number of benzene rings is 3. The predicted octanol–water partition coefficient (Wildman–Crippen LogP) is 5.77. The number of nitrogens with zero attached hydrogens (tertiary/aromatic N) is 2. The molecule has 0 aromatic heterocycles. The first-order valence-corrected chi connectivity index (χ1v) is 17.0. The third-order valence-electron chi connectivity index (χ3n) is 8.54. The molecule has 3 amide bonds. The minimum Gasteiger partial charge on any atom is -0.445 e. The highest BCUT2D eigenvalue weighted by Gasteiger charge is 2.41. The maximum atomic E-state index is 14.4. The van der Waals surface area contributed by atoms with Crippen LogP contribution in [0.4, 0.5) is 18.4 Å². The minimum atomic E-state index is -1.57. The first-order chi connectivity index (χ1) is 23.9. The number of carbonyl (C=O) groups is 3. The molecule has 0 aliphatic carbocycles. The fourth-order valence-electron chi connectivity index (χ4n) is 6.04. The van der Waals surface area contributed by atoms with E-state index in [2.05, 4.69) is 0 Å². The van der Waals surface area contributed by atoms with Crippen LogP contribution in [0.5, 0.6) is 0 Å². The van der Waals surface area contributed by atoms with E-state index in [-0.39, 0.29) is 50.6 Å². The highest BCUT2D eigenvalue weighted by atomic mass is 19.1. The Balaban J connectivity index is 1.74. The number of aryl methyl sites for hydroxylation is 1. The lowest BCUT2D eigenvalue weighted by atomic mass is 9.94. The largest absolute Gasteiger partial charge is 0.445 e. The summed E-state index contributed by atoms with van der Waals surface area (Å²) in [6, 6.07) is 17.0. The molecule has 4 atom stereocenters. The topological polar surface area (TPSA) is 132 Å². The highest BCUT2D eigenvalue weighted by molar-refractivity contribution is 5.84. The number of aliphatic hydroxyl groups excluding tert-OH is 1. The van der Waals surface area contributed by atoms with Gasteiger partial charge in [-0.15, -0.1) is 0 Å². The van der Waals surface area contributed by atoms with Crippen molar-refractivity contribution in [1.82, 2.24) is 9.80 Å². The number of aliphatic hydroxyl groups is 1. The van der Waals surface area contributed by atoms with Crippen LogP contribution in [0, 0.1) is 17.6 Å². The number of nitrogens with two attached hydrogens (primary N) is 1. The highest BCUT2D eigenvalue weighted by Crippen LogP contribution is 2.25. The molecule has 3 aromatic carbocycles. The van der Waals surface area contributed by atoms with Crippen molar-refractivity contribution in [2.75, 3.05) is 19.8 Å². The van der Waals surface area contributed by atoms with Gasteiger partial charge in [-0.25, -0.2) is 18.4 Å². The second-order valence-electron chi connectivity index (χ2n) is 13.0. The van der Waals surface area contributed by atoms with Gasteiger partial charge in [0.25, 0.3) is 0 Å². The number of ether oxygens (including phenoxy) is 3. The fraction of sp³-hybridized carbons (Fsp3) is 0.447. The summed E-state index contributed by atoms with van der Waals surface area (Å²) >= 11 is 0. The van der Waals surface area contributed by atoms with Crippen molar-refractivity contribution in [3.63, 3.8) is 0 Å². The maximum Gasteiger partial charge on any atom is 0.411 e. The Morgan fingerprint density at radius 1 is 0.940 bits per heavy atom. The van der Waals surface area contributed by atoms with Crippen LogP contribution in [0.3, 0.4) is 0 Å². The van der Waals surface area contributed by atoms with Gasteiger partial charge in [-0.3, -0.25) is 9.69 Å². The molecule has 0 radical (unpaired) electrons. The Morgan fingerprint density at radius 2 is 1.62 bits per heavy atom. The van der Waals surface area contributed by atoms with Gasteiger partial charge in [-0.05, 0) is 59.6 Å². The lowest BCUT2D eigenvalue weighted by molar-refractivity contribution is -0.125. The standard InChI is InChI=1S/C38H47F2N3O7/c1-4-26-11-8-12-28(16-26)21-42(37(46)49-23-27-9-6-5-7-10-27)22-35(44)33(19-29-17-30(39)20-31(40)18-29)43(34(36(41)45)15-25(2)3)38(47)50-32-13-14-48-24-32/h5-12,16-18,20,25,32-35,44H,4,13-15,19,21-24H2,1-3H3,(H2,41,45)/t32-,33-,34+,35+/m0/s1. The number of hydrogen-bond acceptors (Lipinski definition) is 7. The van der Waals surface area contributed by atoms with Gasteiger partial charge in [0.1, 0.15) is 30.4 Å². The zero-order valence-corrected chi connectivity index (χ0v) is 28.8. The lowest BCUT2D eigenvalue weighted by Gasteiger charge is -2.40. The fourth-order valence-corrected chi connectivity index (χ4v) is 6.04.